The summed E-state index contributed by atoms with van der Waals surface area (Å²) in [6.45, 7) is 14.8. The van der Waals surface area contributed by atoms with Crippen LogP contribution in [0.25, 0.3) is 10.9 Å². The van der Waals surface area contributed by atoms with Crippen LogP contribution < -0.4 is 5.32 Å². The lowest BCUT2D eigenvalue weighted by Crippen LogP contribution is -2.25. The van der Waals surface area contributed by atoms with Crippen LogP contribution in [-0.2, 0) is 13.0 Å². The van der Waals surface area contributed by atoms with E-state index in [2.05, 4.69) is 47.9 Å². The van der Waals surface area contributed by atoms with Crippen LogP contribution in [0.4, 0.5) is 4.39 Å². The maximum Gasteiger partial charge on any atom is 0.124 e. The van der Waals surface area contributed by atoms with Crippen molar-refractivity contribution in [1.82, 2.24) is 15.2 Å². The van der Waals surface area contributed by atoms with Crippen molar-refractivity contribution in [2.75, 3.05) is 0 Å². The van der Waals surface area contributed by atoms with Gasteiger partial charge in [0.2, 0.25) is 0 Å². The quantitative estimate of drug-likeness (QED) is 0.304. The highest BCUT2D eigenvalue weighted by Gasteiger charge is 2.16. The molecule has 0 spiro atoms. The Kier molecular flexibility index (Phi) is 7.71. The van der Waals surface area contributed by atoms with E-state index in [1.54, 1.807) is 18.2 Å². The average Bonchev–Trinajstić information content (AvgIpc) is 3.13. The number of allylic oxidation sites excluding steroid dienone is 6. The lowest BCUT2D eigenvalue weighted by atomic mass is 10.1. The summed E-state index contributed by atoms with van der Waals surface area (Å²) in [7, 11) is 0. The molecule has 3 rings (SSSR count). The molecule has 2 heterocycles. The minimum Gasteiger partial charge on any atom is -0.358 e. The van der Waals surface area contributed by atoms with Gasteiger partial charge in [0.1, 0.15) is 5.82 Å². The first-order chi connectivity index (χ1) is 15.0. The number of aryl methyl sites for hydroxylation is 1. The van der Waals surface area contributed by atoms with E-state index >= 15 is 0 Å². The van der Waals surface area contributed by atoms with E-state index in [1.165, 1.54) is 0 Å². The van der Waals surface area contributed by atoms with Gasteiger partial charge < -0.3 is 15.2 Å². The predicted molar refractivity (Wildman–Crippen MR) is 130 cm³/mol. The van der Waals surface area contributed by atoms with Crippen LogP contribution in [0, 0.1) is 5.82 Å². The van der Waals surface area contributed by atoms with Crippen molar-refractivity contribution in [3.63, 3.8) is 0 Å². The number of halogens is 1. The highest BCUT2D eigenvalue weighted by Crippen LogP contribution is 2.26. The van der Waals surface area contributed by atoms with Crippen LogP contribution >= 0.6 is 0 Å². The molecular weight excluding hydrogens is 385 g/mol. The summed E-state index contributed by atoms with van der Waals surface area (Å²) >= 11 is 0. The van der Waals surface area contributed by atoms with Crippen LogP contribution in [0.3, 0.4) is 0 Å². The molecule has 0 atom stereocenters. The zero-order valence-electron chi connectivity index (χ0n) is 18.4. The number of fused-ring (bicyclic) bond motifs is 1. The number of nitrogens with zero attached hydrogens (tertiary/aromatic N) is 1. The largest absolute Gasteiger partial charge is 0.358 e. The van der Waals surface area contributed by atoms with E-state index in [0.717, 1.165) is 71.4 Å². The van der Waals surface area contributed by atoms with Gasteiger partial charge in [0.15, 0.2) is 0 Å². The van der Waals surface area contributed by atoms with E-state index in [1.807, 2.05) is 30.5 Å². The Morgan fingerprint density at radius 1 is 1.29 bits per heavy atom. The molecule has 31 heavy (non-hydrogen) atoms. The summed E-state index contributed by atoms with van der Waals surface area (Å²) in [5, 5.41) is 4.32. The molecule has 1 aliphatic rings. The van der Waals surface area contributed by atoms with Gasteiger partial charge in [0, 0.05) is 28.5 Å². The summed E-state index contributed by atoms with van der Waals surface area (Å²) < 4.78 is 14.0. The molecule has 0 amide bonds. The fraction of sp³-hybridized carbons (Fsp3) is 0.259. The van der Waals surface area contributed by atoms with Crippen molar-refractivity contribution in [2.45, 2.75) is 45.6 Å². The van der Waals surface area contributed by atoms with Crippen LogP contribution in [0.2, 0.25) is 0 Å². The third-order valence-corrected chi connectivity index (χ3v) is 5.31. The number of H-pyrrole nitrogens is 1. The van der Waals surface area contributed by atoms with Gasteiger partial charge >= 0.3 is 0 Å². The number of hydrogen-bond donors (Lipinski definition) is 2. The van der Waals surface area contributed by atoms with E-state index in [-0.39, 0.29) is 5.82 Å². The van der Waals surface area contributed by atoms with Gasteiger partial charge in [-0.3, -0.25) is 0 Å². The number of aromatic amines is 1. The van der Waals surface area contributed by atoms with E-state index < -0.39 is 0 Å². The topological polar surface area (TPSA) is 31.1 Å². The molecular formula is C27H32FN3. The summed E-state index contributed by atoms with van der Waals surface area (Å²) in [6, 6.07) is 5.26. The molecule has 3 nitrogen and oxygen atoms in total. The Balaban J connectivity index is 1.64. The predicted octanol–water partition coefficient (Wildman–Crippen LogP) is 7.00. The Hall–Kier alpha value is -3.27. The number of rotatable bonds is 11. The van der Waals surface area contributed by atoms with Gasteiger partial charge in [-0.1, -0.05) is 51.3 Å². The third-order valence-electron chi connectivity index (χ3n) is 5.31. The minimum atomic E-state index is -0.184. The fourth-order valence-corrected chi connectivity index (χ4v) is 3.80. The SMILES string of the molecule is C=C/C=C/CCCC(=C)NC1=CC=CN(Cc2cc3cc(F)cc(CCC)c3[nH]2)C1=C. The third kappa shape index (κ3) is 5.88. The van der Waals surface area contributed by atoms with Gasteiger partial charge in [-0.2, -0.15) is 0 Å². The molecule has 0 fully saturated rings. The maximum atomic E-state index is 14.0. The average molecular weight is 418 g/mol. The normalized spacial score (nSPS) is 13.8. The van der Waals surface area contributed by atoms with Crippen LogP contribution in [0.15, 0.2) is 91.6 Å². The summed E-state index contributed by atoms with van der Waals surface area (Å²) in [6.07, 6.45) is 16.7. The zero-order valence-corrected chi connectivity index (χ0v) is 18.4. The Bertz CT molecular complexity index is 1050. The molecule has 2 aromatic rings. The molecule has 0 aliphatic carbocycles. The van der Waals surface area contributed by atoms with E-state index in [0.29, 0.717) is 6.54 Å². The van der Waals surface area contributed by atoms with Gasteiger partial charge in [0.25, 0.3) is 0 Å². The second-order valence-electron chi connectivity index (χ2n) is 7.85. The Morgan fingerprint density at radius 3 is 2.90 bits per heavy atom. The van der Waals surface area contributed by atoms with E-state index in [4.69, 9.17) is 0 Å². The Morgan fingerprint density at radius 2 is 2.13 bits per heavy atom. The number of aromatic nitrogens is 1. The molecule has 4 heteroatoms. The molecule has 0 radical (unpaired) electrons. The summed E-state index contributed by atoms with van der Waals surface area (Å²) in [5.41, 5.74) is 5.88. The Labute approximate surface area is 185 Å². The first-order valence-electron chi connectivity index (χ1n) is 10.9. The molecule has 2 N–H and O–H groups in total. The highest BCUT2D eigenvalue weighted by atomic mass is 19.1. The van der Waals surface area contributed by atoms with Crippen molar-refractivity contribution in [1.29, 1.82) is 0 Å². The standard InChI is InChI=1S/C27H32FN3/c1-5-7-8-9-10-13-20(3)29-26-14-11-15-31(21(26)4)19-25-18-23-17-24(28)16-22(12-6-2)27(23)30-25/h5,7-8,11,14-18,29-30H,1,3-4,6,9-10,12-13,19H2,2H3/b8-7+. The monoisotopic (exact) mass is 417 g/mol. The second kappa shape index (κ2) is 10.7. The first kappa shape index (κ1) is 22.4. The molecule has 0 unspecified atom stereocenters. The van der Waals surface area contributed by atoms with Gasteiger partial charge in [0.05, 0.1) is 17.9 Å². The van der Waals surface area contributed by atoms with Crippen molar-refractivity contribution in [3.8, 4) is 0 Å². The number of unbranched alkanes of at least 4 members (excludes halogenated alkanes) is 1. The summed E-state index contributed by atoms with van der Waals surface area (Å²) in [4.78, 5) is 5.58. The van der Waals surface area contributed by atoms with Crippen molar-refractivity contribution in [2.24, 2.45) is 0 Å². The van der Waals surface area contributed by atoms with Crippen molar-refractivity contribution < 1.29 is 4.39 Å². The fourth-order valence-electron chi connectivity index (χ4n) is 3.80. The highest BCUT2D eigenvalue weighted by molar-refractivity contribution is 5.83. The zero-order chi connectivity index (χ0) is 22.2. The molecule has 1 aliphatic heterocycles. The molecule has 0 saturated carbocycles. The molecule has 1 aromatic carbocycles. The lowest BCUT2D eigenvalue weighted by molar-refractivity contribution is 0.453. The van der Waals surface area contributed by atoms with Gasteiger partial charge in [-0.15, -0.1) is 0 Å². The second-order valence-corrected chi connectivity index (χ2v) is 7.85. The molecule has 1 aromatic heterocycles. The van der Waals surface area contributed by atoms with Gasteiger partial charge in [-0.05, 0) is 61.6 Å². The van der Waals surface area contributed by atoms with E-state index in [9.17, 15) is 4.39 Å². The van der Waals surface area contributed by atoms with Crippen LogP contribution in [-0.4, -0.2) is 9.88 Å². The maximum absolute atomic E-state index is 14.0. The molecule has 0 saturated heterocycles. The lowest BCUT2D eigenvalue weighted by Gasteiger charge is -2.28. The molecule has 0 bridgehead atoms. The van der Waals surface area contributed by atoms with Crippen molar-refractivity contribution in [3.05, 3.63) is 109 Å². The van der Waals surface area contributed by atoms with Crippen LogP contribution in [0.1, 0.15) is 43.9 Å². The smallest absolute Gasteiger partial charge is 0.124 e. The van der Waals surface area contributed by atoms with Crippen molar-refractivity contribution >= 4 is 10.9 Å². The first-order valence-corrected chi connectivity index (χ1v) is 10.9. The van der Waals surface area contributed by atoms with Crippen LogP contribution in [0.5, 0.6) is 0 Å². The minimum absolute atomic E-state index is 0.184. The van der Waals surface area contributed by atoms with Gasteiger partial charge in [-0.25, -0.2) is 4.39 Å². The number of benzene rings is 1. The number of hydrogen-bond acceptors (Lipinski definition) is 2. The summed E-state index contributed by atoms with van der Waals surface area (Å²) in [5.74, 6) is -0.184. The molecule has 162 valence electrons. The number of nitrogens with one attached hydrogen (secondary N) is 2.